The monoisotopic (exact) mass is 324 g/mol. The molecule has 1 saturated carbocycles. The third-order valence-corrected chi connectivity index (χ3v) is 3.70. The Morgan fingerprint density at radius 3 is 2.00 bits per heavy atom. The summed E-state index contributed by atoms with van der Waals surface area (Å²) < 4.78 is 15.0. The van der Waals surface area contributed by atoms with Crippen molar-refractivity contribution in [2.24, 2.45) is 5.41 Å². The molecule has 0 heterocycles. The fourth-order valence-electron chi connectivity index (χ4n) is 2.56. The molecular formula is C17H24O6. The Balaban J connectivity index is 3.01. The summed E-state index contributed by atoms with van der Waals surface area (Å²) in [5.74, 6) is -1.66. The zero-order valence-corrected chi connectivity index (χ0v) is 14.0. The first-order valence-corrected chi connectivity index (χ1v) is 7.81. The van der Waals surface area contributed by atoms with Gasteiger partial charge in [-0.2, -0.15) is 0 Å². The molecule has 0 atom stereocenters. The van der Waals surface area contributed by atoms with Gasteiger partial charge >= 0.3 is 17.9 Å². The third kappa shape index (κ3) is 4.43. The smallest absolute Gasteiger partial charge is 0.331 e. The van der Waals surface area contributed by atoms with E-state index in [-0.39, 0.29) is 32.7 Å². The van der Waals surface area contributed by atoms with E-state index in [2.05, 4.69) is 6.58 Å². The normalized spacial score (nSPS) is 18.4. The van der Waals surface area contributed by atoms with E-state index in [0.29, 0.717) is 17.6 Å². The van der Waals surface area contributed by atoms with Crippen molar-refractivity contribution in [3.8, 4) is 0 Å². The van der Waals surface area contributed by atoms with Crippen LogP contribution in [-0.4, -0.2) is 37.7 Å². The Bertz CT molecular complexity index is 499. The van der Waals surface area contributed by atoms with Crippen molar-refractivity contribution >= 4 is 17.9 Å². The van der Waals surface area contributed by atoms with Crippen molar-refractivity contribution in [2.75, 3.05) is 19.8 Å². The molecule has 0 bridgehead atoms. The van der Waals surface area contributed by atoms with E-state index in [0.717, 1.165) is 0 Å². The molecule has 0 amide bonds. The van der Waals surface area contributed by atoms with Crippen molar-refractivity contribution in [1.29, 1.82) is 0 Å². The predicted molar refractivity (Wildman–Crippen MR) is 83.4 cm³/mol. The lowest BCUT2D eigenvalue weighted by Crippen LogP contribution is -2.44. The lowest BCUT2D eigenvalue weighted by Gasteiger charge is -2.34. The quantitative estimate of drug-likeness (QED) is 0.323. The second kappa shape index (κ2) is 8.50. The molecule has 1 fully saturated rings. The van der Waals surface area contributed by atoms with Gasteiger partial charge in [0.1, 0.15) is 0 Å². The number of carbonyl (C=O) groups is 3. The molecule has 23 heavy (non-hydrogen) atoms. The summed E-state index contributed by atoms with van der Waals surface area (Å²) in [5.41, 5.74) is -0.146. The minimum absolute atomic E-state index is 0.0793. The average Bonchev–Trinajstić information content (AvgIpc) is 2.50. The van der Waals surface area contributed by atoms with Crippen LogP contribution in [0.2, 0.25) is 0 Å². The Morgan fingerprint density at radius 2 is 1.57 bits per heavy atom. The number of ether oxygens (including phenoxy) is 3. The van der Waals surface area contributed by atoms with Gasteiger partial charge in [-0.15, -0.1) is 0 Å². The molecule has 0 aliphatic heterocycles. The molecule has 0 aromatic heterocycles. The number of allylic oxidation sites excluding steroid dienone is 2. The van der Waals surface area contributed by atoms with Crippen LogP contribution in [0.5, 0.6) is 0 Å². The number of esters is 3. The van der Waals surface area contributed by atoms with E-state index in [4.69, 9.17) is 14.2 Å². The summed E-state index contributed by atoms with van der Waals surface area (Å²) >= 11 is 0. The van der Waals surface area contributed by atoms with Crippen molar-refractivity contribution in [2.45, 2.75) is 40.0 Å². The van der Waals surface area contributed by atoms with Crippen LogP contribution in [0.15, 0.2) is 23.8 Å². The Labute approximate surface area is 136 Å². The van der Waals surface area contributed by atoms with Crippen LogP contribution in [0.4, 0.5) is 0 Å². The maximum absolute atomic E-state index is 12.3. The average molecular weight is 324 g/mol. The molecule has 0 radical (unpaired) electrons. The molecule has 0 aromatic carbocycles. The second-order valence-electron chi connectivity index (χ2n) is 5.23. The van der Waals surface area contributed by atoms with Gasteiger partial charge in [0.15, 0.2) is 5.41 Å². The molecule has 128 valence electrons. The molecule has 0 N–H and O–H groups in total. The summed E-state index contributed by atoms with van der Waals surface area (Å²) in [6.07, 6.45) is 2.02. The van der Waals surface area contributed by atoms with Crippen molar-refractivity contribution in [1.82, 2.24) is 0 Å². The van der Waals surface area contributed by atoms with Gasteiger partial charge in [-0.25, -0.2) is 4.79 Å². The lowest BCUT2D eigenvalue weighted by atomic mass is 9.70. The minimum Gasteiger partial charge on any atom is -0.465 e. The number of hydrogen-bond donors (Lipinski definition) is 0. The molecule has 6 nitrogen and oxygen atoms in total. The zero-order valence-electron chi connectivity index (χ0n) is 14.0. The van der Waals surface area contributed by atoms with Crippen LogP contribution in [0.3, 0.4) is 0 Å². The number of carbonyl (C=O) groups excluding carboxylic acids is 3. The fourth-order valence-corrected chi connectivity index (χ4v) is 2.56. The Morgan fingerprint density at radius 1 is 1.04 bits per heavy atom. The molecule has 0 unspecified atom stereocenters. The van der Waals surface area contributed by atoms with Gasteiger partial charge in [0.25, 0.3) is 0 Å². The highest BCUT2D eigenvalue weighted by Gasteiger charge is 2.51. The van der Waals surface area contributed by atoms with Crippen LogP contribution in [0.25, 0.3) is 0 Å². The van der Waals surface area contributed by atoms with Gasteiger partial charge in [-0.1, -0.05) is 12.2 Å². The second-order valence-corrected chi connectivity index (χ2v) is 5.23. The van der Waals surface area contributed by atoms with Gasteiger partial charge in [0.05, 0.1) is 19.8 Å². The number of hydrogen-bond acceptors (Lipinski definition) is 6. The van der Waals surface area contributed by atoms with Gasteiger partial charge in [-0.3, -0.25) is 9.59 Å². The SMILES string of the molecule is C=C1CC(C(=O)OCC)(C(=O)OCC)CC/C1=C\C(=O)OCC. The van der Waals surface area contributed by atoms with E-state index in [1.165, 1.54) is 6.08 Å². The van der Waals surface area contributed by atoms with Gasteiger partial charge < -0.3 is 14.2 Å². The van der Waals surface area contributed by atoms with Crippen molar-refractivity contribution in [3.05, 3.63) is 23.8 Å². The summed E-state index contributed by atoms with van der Waals surface area (Å²) in [5, 5.41) is 0. The van der Waals surface area contributed by atoms with Crippen LogP contribution in [0.1, 0.15) is 40.0 Å². The maximum atomic E-state index is 12.3. The highest BCUT2D eigenvalue weighted by atomic mass is 16.6. The van der Waals surface area contributed by atoms with E-state index in [1.54, 1.807) is 20.8 Å². The van der Waals surface area contributed by atoms with Crippen LogP contribution >= 0.6 is 0 Å². The zero-order chi connectivity index (χ0) is 17.5. The standard InChI is InChI=1S/C17H24O6/c1-5-21-14(18)10-13-8-9-17(11-12(13)4,15(19)22-6-2)16(20)23-7-3/h10H,4-9,11H2,1-3H3/b13-10+. The molecule has 0 aromatic rings. The number of rotatable bonds is 6. The third-order valence-electron chi connectivity index (χ3n) is 3.70. The van der Waals surface area contributed by atoms with Crippen molar-refractivity contribution in [3.63, 3.8) is 0 Å². The fraction of sp³-hybridized carbons (Fsp3) is 0.588. The van der Waals surface area contributed by atoms with Crippen LogP contribution < -0.4 is 0 Å². The molecule has 6 heteroatoms. The molecule has 1 aliphatic rings. The molecule has 1 rings (SSSR count). The van der Waals surface area contributed by atoms with Gasteiger partial charge in [-0.05, 0) is 45.6 Å². The Hall–Kier alpha value is -2.11. The van der Waals surface area contributed by atoms with Gasteiger partial charge in [0, 0.05) is 6.08 Å². The first-order chi connectivity index (χ1) is 10.9. The highest BCUT2D eigenvalue weighted by Crippen LogP contribution is 2.43. The molecular weight excluding hydrogens is 300 g/mol. The van der Waals surface area contributed by atoms with Gasteiger partial charge in [0.2, 0.25) is 0 Å². The van der Waals surface area contributed by atoms with E-state index >= 15 is 0 Å². The maximum Gasteiger partial charge on any atom is 0.331 e. The summed E-state index contributed by atoms with van der Waals surface area (Å²) in [7, 11) is 0. The largest absolute Gasteiger partial charge is 0.465 e. The van der Waals surface area contributed by atoms with Crippen molar-refractivity contribution < 1.29 is 28.6 Å². The van der Waals surface area contributed by atoms with E-state index < -0.39 is 23.3 Å². The topological polar surface area (TPSA) is 78.9 Å². The first-order valence-electron chi connectivity index (χ1n) is 7.81. The predicted octanol–water partition coefficient (Wildman–Crippen LogP) is 2.33. The van der Waals surface area contributed by atoms with E-state index in [9.17, 15) is 14.4 Å². The van der Waals surface area contributed by atoms with Crippen LogP contribution in [-0.2, 0) is 28.6 Å². The summed E-state index contributed by atoms with van der Waals surface area (Å²) in [4.78, 5) is 36.2. The minimum atomic E-state index is -1.38. The van der Waals surface area contributed by atoms with E-state index in [1.807, 2.05) is 0 Å². The summed E-state index contributed by atoms with van der Waals surface area (Å²) in [6, 6.07) is 0. The lowest BCUT2D eigenvalue weighted by molar-refractivity contribution is -0.173. The molecule has 0 spiro atoms. The molecule has 1 aliphatic carbocycles. The molecule has 0 saturated heterocycles. The summed E-state index contributed by atoms with van der Waals surface area (Å²) in [6.45, 7) is 9.62. The Kier molecular flexibility index (Phi) is 7.00. The first kappa shape index (κ1) is 18.9. The van der Waals surface area contributed by atoms with Crippen LogP contribution in [0, 0.1) is 5.41 Å². The highest BCUT2D eigenvalue weighted by molar-refractivity contribution is 6.01.